The van der Waals surface area contributed by atoms with Crippen LogP contribution in [0.3, 0.4) is 0 Å². The zero-order valence-corrected chi connectivity index (χ0v) is 24.0. The maximum absolute atomic E-state index is 12.7. The van der Waals surface area contributed by atoms with E-state index in [0.29, 0.717) is 46.2 Å². The molecule has 6 aliphatic rings. The number of esters is 1. The number of fused-ring (bicyclic) bond motifs is 7. The lowest BCUT2D eigenvalue weighted by molar-refractivity contribution is -0.273. The van der Waals surface area contributed by atoms with Crippen LogP contribution in [0.4, 0.5) is 0 Å². The molecule has 0 bridgehead atoms. The summed E-state index contributed by atoms with van der Waals surface area (Å²) in [5, 5.41) is 0. The molecule has 0 N–H and O–H groups in total. The molecule has 2 aliphatic heterocycles. The highest BCUT2D eigenvalue weighted by molar-refractivity contribution is 5.89. The van der Waals surface area contributed by atoms with Crippen LogP contribution in [-0.4, -0.2) is 30.6 Å². The van der Waals surface area contributed by atoms with E-state index in [0.717, 1.165) is 43.6 Å². The Morgan fingerprint density at radius 2 is 1.68 bits per heavy atom. The summed E-state index contributed by atoms with van der Waals surface area (Å²) in [6, 6.07) is 9.51. The standard InChI is InChI=1S/C34H48O4/c1-21-12-17-34(36-20-21)22(2)30-29(38-34)19-28-26-11-10-24-18-25(37-31(35)23-8-6-5-7-9-23)13-15-32(24,3)27(26)14-16-33(28,30)4/h5-9,21-22,24-30H,10-20H2,1-4H3/t21-,22+,24+,25-,26-,27+,28-,29+,30+,32+,33+,34-/m1/s1. The molecule has 0 amide bonds. The van der Waals surface area contributed by atoms with E-state index in [2.05, 4.69) is 27.7 Å². The highest BCUT2D eigenvalue weighted by Gasteiger charge is 2.69. The van der Waals surface area contributed by atoms with Gasteiger partial charge in [-0.15, -0.1) is 0 Å². The quantitative estimate of drug-likeness (QED) is 0.376. The van der Waals surface area contributed by atoms with Gasteiger partial charge in [-0.25, -0.2) is 4.79 Å². The minimum Gasteiger partial charge on any atom is -0.459 e. The van der Waals surface area contributed by atoms with Gasteiger partial charge in [0.15, 0.2) is 5.79 Å². The Hall–Kier alpha value is -1.39. The summed E-state index contributed by atoms with van der Waals surface area (Å²) >= 11 is 0. The van der Waals surface area contributed by atoms with Gasteiger partial charge in [0.05, 0.1) is 18.3 Å². The van der Waals surface area contributed by atoms with E-state index in [1.165, 1.54) is 44.9 Å². The molecule has 208 valence electrons. The van der Waals surface area contributed by atoms with Gasteiger partial charge in [0.1, 0.15) is 6.10 Å². The molecule has 4 aliphatic carbocycles. The molecule has 2 saturated heterocycles. The van der Waals surface area contributed by atoms with E-state index < -0.39 is 0 Å². The van der Waals surface area contributed by atoms with Crippen molar-refractivity contribution in [2.24, 2.45) is 52.3 Å². The molecule has 0 unspecified atom stereocenters. The molecule has 0 radical (unpaired) electrons. The molecule has 4 heteroatoms. The number of hydrogen-bond donors (Lipinski definition) is 0. The van der Waals surface area contributed by atoms with Crippen LogP contribution in [0.15, 0.2) is 30.3 Å². The SMILES string of the molecule is C[C@@H]1CC[C@@]2(OC1)O[C@H]1C[C@@H]3[C@@H]4CC[C@H]5C[C@H](OC(=O)c6ccccc6)CC[C@]5(C)[C@H]4CC[C@]3(C)[C@H]1[C@@H]2C. The van der Waals surface area contributed by atoms with Crippen LogP contribution < -0.4 is 0 Å². The summed E-state index contributed by atoms with van der Waals surface area (Å²) in [5.74, 6) is 4.41. The van der Waals surface area contributed by atoms with Gasteiger partial charge in [-0.05, 0) is 116 Å². The molecular weight excluding hydrogens is 472 g/mol. The van der Waals surface area contributed by atoms with E-state index in [1.54, 1.807) is 0 Å². The average molecular weight is 521 g/mol. The fourth-order valence-corrected chi connectivity index (χ4v) is 11.1. The molecule has 1 aromatic carbocycles. The smallest absolute Gasteiger partial charge is 0.338 e. The first-order chi connectivity index (χ1) is 18.2. The Bertz CT molecular complexity index is 1050. The van der Waals surface area contributed by atoms with Crippen molar-refractivity contribution in [2.75, 3.05) is 6.61 Å². The Labute approximate surface area is 229 Å². The fourth-order valence-electron chi connectivity index (χ4n) is 11.1. The minimum absolute atomic E-state index is 0.0701. The molecule has 4 saturated carbocycles. The predicted octanol–water partition coefficient (Wildman–Crippen LogP) is 7.66. The van der Waals surface area contributed by atoms with E-state index in [1.807, 2.05) is 30.3 Å². The van der Waals surface area contributed by atoms with Gasteiger partial charge in [-0.3, -0.25) is 0 Å². The summed E-state index contributed by atoms with van der Waals surface area (Å²) in [6.45, 7) is 10.9. The minimum atomic E-state index is -0.314. The van der Waals surface area contributed by atoms with Crippen molar-refractivity contribution in [3.63, 3.8) is 0 Å². The van der Waals surface area contributed by atoms with Gasteiger partial charge in [0.25, 0.3) is 0 Å². The first-order valence-electron chi connectivity index (χ1n) is 15.8. The third-order valence-electron chi connectivity index (χ3n) is 13.2. The van der Waals surface area contributed by atoms with Gasteiger partial charge in [0, 0.05) is 12.3 Å². The van der Waals surface area contributed by atoms with E-state index in [9.17, 15) is 4.79 Å². The lowest BCUT2D eigenvalue weighted by Crippen LogP contribution is -2.55. The molecule has 1 spiro atoms. The normalized spacial score (nSPS) is 51.5. The topological polar surface area (TPSA) is 44.8 Å². The average Bonchev–Trinajstić information content (AvgIpc) is 3.36. The van der Waals surface area contributed by atoms with Gasteiger partial charge >= 0.3 is 5.97 Å². The summed E-state index contributed by atoms with van der Waals surface area (Å²) in [7, 11) is 0. The van der Waals surface area contributed by atoms with Gasteiger partial charge in [-0.1, -0.05) is 45.9 Å². The molecule has 1 aromatic rings. The Kier molecular flexibility index (Phi) is 6.10. The fraction of sp³-hybridized carbons (Fsp3) is 0.794. The van der Waals surface area contributed by atoms with E-state index >= 15 is 0 Å². The van der Waals surface area contributed by atoms with Crippen LogP contribution in [0, 0.1) is 52.3 Å². The summed E-state index contributed by atoms with van der Waals surface area (Å²) < 4.78 is 19.5. The van der Waals surface area contributed by atoms with Crippen molar-refractivity contribution in [2.45, 2.75) is 110 Å². The van der Waals surface area contributed by atoms with Crippen molar-refractivity contribution in [3.05, 3.63) is 35.9 Å². The second-order valence-electron chi connectivity index (χ2n) is 14.8. The van der Waals surface area contributed by atoms with Crippen molar-refractivity contribution in [1.82, 2.24) is 0 Å². The molecule has 7 rings (SSSR count). The molecular formula is C34H48O4. The van der Waals surface area contributed by atoms with Crippen molar-refractivity contribution < 1.29 is 19.0 Å². The van der Waals surface area contributed by atoms with Crippen molar-refractivity contribution >= 4 is 5.97 Å². The summed E-state index contributed by atoms with van der Waals surface area (Å²) in [4.78, 5) is 12.7. The maximum Gasteiger partial charge on any atom is 0.338 e. The van der Waals surface area contributed by atoms with Crippen molar-refractivity contribution in [3.8, 4) is 0 Å². The van der Waals surface area contributed by atoms with Crippen LogP contribution >= 0.6 is 0 Å². The third-order valence-corrected chi connectivity index (χ3v) is 13.2. The predicted molar refractivity (Wildman–Crippen MR) is 147 cm³/mol. The molecule has 6 fully saturated rings. The second kappa shape index (κ2) is 9.06. The number of rotatable bonds is 2. The number of carbonyl (C=O) groups is 1. The number of benzene rings is 1. The largest absolute Gasteiger partial charge is 0.459 e. The van der Waals surface area contributed by atoms with Gasteiger partial charge in [-0.2, -0.15) is 0 Å². The number of hydrogen-bond acceptors (Lipinski definition) is 4. The first kappa shape index (κ1) is 25.6. The molecule has 2 heterocycles. The first-order valence-corrected chi connectivity index (χ1v) is 15.8. The second-order valence-corrected chi connectivity index (χ2v) is 14.8. The third kappa shape index (κ3) is 3.71. The lowest BCUT2D eigenvalue weighted by atomic mass is 9.44. The number of carbonyl (C=O) groups excluding carboxylic acids is 1. The van der Waals surface area contributed by atoms with Crippen LogP contribution in [-0.2, 0) is 14.2 Å². The molecule has 0 aromatic heterocycles. The highest BCUT2D eigenvalue weighted by atomic mass is 16.7. The zero-order valence-electron chi connectivity index (χ0n) is 24.0. The van der Waals surface area contributed by atoms with Crippen LogP contribution in [0.2, 0.25) is 0 Å². The molecule has 38 heavy (non-hydrogen) atoms. The molecule has 4 nitrogen and oxygen atoms in total. The van der Waals surface area contributed by atoms with E-state index in [4.69, 9.17) is 14.2 Å². The number of ether oxygens (including phenoxy) is 3. The van der Waals surface area contributed by atoms with E-state index in [-0.39, 0.29) is 17.9 Å². The van der Waals surface area contributed by atoms with Crippen LogP contribution in [0.1, 0.15) is 102 Å². The Balaban J connectivity index is 1.05. The van der Waals surface area contributed by atoms with Crippen molar-refractivity contribution in [1.29, 1.82) is 0 Å². The van der Waals surface area contributed by atoms with Gasteiger partial charge in [0.2, 0.25) is 0 Å². The Morgan fingerprint density at radius 3 is 2.45 bits per heavy atom. The van der Waals surface area contributed by atoms with Crippen LogP contribution in [0.25, 0.3) is 0 Å². The Morgan fingerprint density at radius 1 is 0.895 bits per heavy atom. The maximum atomic E-state index is 12.7. The highest BCUT2D eigenvalue weighted by Crippen LogP contribution is 2.71. The zero-order chi connectivity index (χ0) is 26.3. The summed E-state index contributed by atoms with van der Waals surface area (Å²) in [5.41, 5.74) is 1.44. The van der Waals surface area contributed by atoms with Crippen LogP contribution in [0.5, 0.6) is 0 Å². The molecule has 12 atom stereocenters. The van der Waals surface area contributed by atoms with Gasteiger partial charge < -0.3 is 14.2 Å². The summed E-state index contributed by atoms with van der Waals surface area (Å²) in [6.07, 6.45) is 12.6. The lowest BCUT2D eigenvalue weighted by Gasteiger charge is -2.61. The monoisotopic (exact) mass is 520 g/mol.